The predicted octanol–water partition coefficient (Wildman–Crippen LogP) is 7.15. The van der Waals surface area contributed by atoms with Gasteiger partial charge < -0.3 is 9.47 Å². The van der Waals surface area contributed by atoms with Crippen LogP contribution in [0, 0.1) is 19.3 Å². The van der Waals surface area contributed by atoms with Crippen molar-refractivity contribution >= 4 is 11.6 Å². The van der Waals surface area contributed by atoms with Gasteiger partial charge in [0.25, 0.3) is 0 Å². The lowest BCUT2D eigenvalue weighted by molar-refractivity contribution is -0.128. The molecule has 186 valence electrons. The minimum absolute atomic E-state index is 0.0812. The van der Waals surface area contributed by atoms with Gasteiger partial charge in [0, 0.05) is 17.3 Å². The highest BCUT2D eigenvalue weighted by atomic mass is 16.5. The average Bonchev–Trinajstić information content (AvgIpc) is 2.78. The number of benzene rings is 2. The minimum Gasteiger partial charge on any atom is -0.486 e. The van der Waals surface area contributed by atoms with Gasteiger partial charge in [-0.05, 0) is 67.5 Å². The average molecular weight is 467 g/mol. The second-order valence-corrected chi connectivity index (χ2v) is 10.3. The fourth-order valence-electron chi connectivity index (χ4n) is 4.32. The molecule has 4 nitrogen and oxygen atoms in total. The van der Waals surface area contributed by atoms with Crippen LogP contribution in [-0.4, -0.2) is 24.8 Å². The van der Waals surface area contributed by atoms with Crippen LogP contribution in [0.25, 0.3) is 0 Å². The fraction of sp³-hybridized carbons (Fsp3) is 0.533. The summed E-state index contributed by atoms with van der Waals surface area (Å²) in [5, 5.41) is 0. The summed E-state index contributed by atoms with van der Waals surface area (Å²) in [7, 11) is 0. The van der Waals surface area contributed by atoms with Crippen LogP contribution in [0.3, 0.4) is 0 Å². The van der Waals surface area contributed by atoms with Gasteiger partial charge in [0.15, 0.2) is 11.6 Å². The number of ether oxygens (including phenoxy) is 2. The Bertz CT molecular complexity index is 993. The third-order valence-corrected chi connectivity index (χ3v) is 6.77. The maximum Gasteiger partial charge on any atom is 0.175 e. The molecule has 2 rings (SSSR count). The van der Waals surface area contributed by atoms with E-state index < -0.39 is 5.41 Å². The third-order valence-electron chi connectivity index (χ3n) is 6.77. The SMILES string of the molecule is CCCC(=O)COc1ccc(C(CC)(CC)c2ccc(OCC(=O)C(C)(C)C)c(C)c2)cc1C. The van der Waals surface area contributed by atoms with E-state index >= 15 is 0 Å². The van der Waals surface area contributed by atoms with Gasteiger partial charge in [0.05, 0.1) is 0 Å². The summed E-state index contributed by atoms with van der Waals surface area (Å²) in [6.07, 6.45) is 3.28. The van der Waals surface area contributed by atoms with Crippen molar-refractivity contribution in [3.05, 3.63) is 58.7 Å². The first kappa shape index (κ1) is 27.6. The quantitative estimate of drug-likeness (QED) is 0.333. The molecule has 0 unspecified atom stereocenters. The molecule has 0 N–H and O–H groups in total. The number of ketones is 2. The van der Waals surface area contributed by atoms with E-state index in [0.29, 0.717) is 6.42 Å². The van der Waals surface area contributed by atoms with Crippen molar-refractivity contribution in [2.24, 2.45) is 5.41 Å². The normalized spacial score (nSPS) is 11.9. The molecule has 2 aromatic rings. The number of carbonyl (C=O) groups is 2. The lowest BCUT2D eigenvalue weighted by Crippen LogP contribution is -2.27. The number of aryl methyl sites for hydroxylation is 2. The largest absolute Gasteiger partial charge is 0.486 e. The topological polar surface area (TPSA) is 52.6 Å². The molecule has 4 heteroatoms. The molecule has 0 bridgehead atoms. The fourth-order valence-corrected chi connectivity index (χ4v) is 4.32. The Kier molecular flexibility index (Phi) is 9.49. The van der Waals surface area contributed by atoms with Crippen LogP contribution < -0.4 is 9.47 Å². The van der Waals surface area contributed by atoms with Crippen LogP contribution in [0.15, 0.2) is 36.4 Å². The van der Waals surface area contributed by atoms with Crippen LogP contribution in [0.1, 0.15) is 89.5 Å². The zero-order valence-corrected chi connectivity index (χ0v) is 22.3. The summed E-state index contributed by atoms with van der Waals surface area (Å²) in [4.78, 5) is 24.1. The van der Waals surface area contributed by atoms with Crippen molar-refractivity contribution in [1.82, 2.24) is 0 Å². The third kappa shape index (κ3) is 6.49. The van der Waals surface area contributed by atoms with Gasteiger partial charge in [0.2, 0.25) is 0 Å². The molecular weight excluding hydrogens is 424 g/mol. The lowest BCUT2D eigenvalue weighted by atomic mass is 9.70. The molecule has 0 saturated carbocycles. The smallest absolute Gasteiger partial charge is 0.175 e. The molecule has 0 spiro atoms. The van der Waals surface area contributed by atoms with Crippen molar-refractivity contribution in [1.29, 1.82) is 0 Å². The van der Waals surface area contributed by atoms with Crippen molar-refractivity contribution in [3.63, 3.8) is 0 Å². The predicted molar refractivity (Wildman–Crippen MR) is 139 cm³/mol. The van der Waals surface area contributed by atoms with Gasteiger partial charge >= 0.3 is 0 Å². The first-order valence-electron chi connectivity index (χ1n) is 12.5. The Morgan fingerprint density at radius 1 is 0.765 bits per heavy atom. The number of hydrogen-bond donors (Lipinski definition) is 0. The monoisotopic (exact) mass is 466 g/mol. The maximum absolute atomic E-state index is 12.3. The summed E-state index contributed by atoms with van der Waals surface area (Å²) in [5.74, 6) is 1.72. The van der Waals surface area contributed by atoms with Crippen molar-refractivity contribution < 1.29 is 19.1 Å². The standard InChI is InChI=1S/C30H42O4/c1-9-12-25(31)19-33-26-15-13-23(17-21(26)4)30(10-2,11-3)24-14-16-27(22(5)18-24)34-20-28(32)29(6,7)8/h13-18H,9-12,19-20H2,1-8H3. The van der Waals surface area contributed by atoms with E-state index in [9.17, 15) is 9.59 Å². The van der Waals surface area contributed by atoms with Crippen molar-refractivity contribution in [3.8, 4) is 11.5 Å². The summed E-state index contributed by atoms with van der Waals surface area (Å²) >= 11 is 0. The second kappa shape index (κ2) is 11.7. The molecule has 0 radical (unpaired) electrons. The summed E-state index contributed by atoms with van der Waals surface area (Å²) in [6, 6.07) is 12.6. The molecule has 0 heterocycles. The molecule has 0 saturated heterocycles. The lowest BCUT2D eigenvalue weighted by Gasteiger charge is -2.34. The molecule has 0 atom stereocenters. The molecule has 0 amide bonds. The summed E-state index contributed by atoms with van der Waals surface area (Å²) in [5.41, 5.74) is 3.96. The van der Waals surface area contributed by atoms with E-state index in [1.165, 1.54) is 11.1 Å². The van der Waals surface area contributed by atoms with Gasteiger partial charge in [-0.2, -0.15) is 0 Å². The molecule has 0 aliphatic heterocycles. The van der Waals surface area contributed by atoms with Gasteiger partial charge in [-0.15, -0.1) is 0 Å². The molecule has 0 aliphatic carbocycles. The number of hydrogen-bond acceptors (Lipinski definition) is 4. The molecule has 0 aliphatic rings. The minimum atomic E-state index is -0.412. The highest BCUT2D eigenvalue weighted by molar-refractivity contribution is 5.85. The second-order valence-electron chi connectivity index (χ2n) is 10.3. The Morgan fingerprint density at radius 2 is 1.24 bits per heavy atom. The van der Waals surface area contributed by atoms with Crippen LogP contribution >= 0.6 is 0 Å². The first-order chi connectivity index (χ1) is 16.0. The number of rotatable bonds is 12. The molecule has 0 aromatic heterocycles. The highest BCUT2D eigenvalue weighted by Crippen LogP contribution is 2.41. The summed E-state index contributed by atoms with van der Waals surface area (Å²) < 4.78 is 11.7. The Balaban J connectivity index is 2.30. The van der Waals surface area contributed by atoms with Gasteiger partial charge in [-0.1, -0.05) is 65.8 Å². The highest BCUT2D eigenvalue weighted by Gasteiger charge is 2.32. The van der Waals surface area contributed by atoms with Crippen LogP contribution in [0.4, 0.5) is 0 Å². The molecule has 0 fully saturated rings. The van der Waals surface area contributed by atoms with E-state index in [1.54, 1.807) is 0 Å². The van der Waals surface area contributed by atoms with Crippen LogP contribution in [0.2, 0.25) is 0 Å². The van der Waals surface area contributed by atoms with E-state index in [2.05, 4.69) is 38.1 Å². The van der Waals surface area contributed by atoms with E-state index in [1.807, 2.05) is 53.7 Å². The van der Waals surface area contributed by atoms with Gasteiger partial charge in [-0.3, -0.25) is 9.59 Å². The van der Waals surface area contributed by atoms with E-state index in [4.69, 9.17) is 9.47 Å². The molecule has 34 heavy (non-hydrogen) atoms. The Hall–Kier alpha value is -2.62. The maximum atomic E-state index is 12.3. The zero-order valence-electron chi connectivity index (χ0n) is 22.3. The van der Waals surface area contributed by atoms with E-state index in [0.717, 1.165) is 41.9 Å². The van der Waals surface area contributed by atoms with Gasteiger partial charge in [-0.25, -0.2) is 0 Å². The summed E-state index contributed by atoms with van der Waals surface area (Å²) in [6.45, 7) is 16.4. The Morgan fingerprint density at radius 3 is 1.62 bits per heavy atom. The van der Waals surface area contributed by atoms with Crippen molar-refractivity contribution in [2.45, 2.75) is 86.5 Å². The number of Topliss-reactive ketones (excluding diaryl/α,β-unsaturated/α-hetero) is 2. The Labute approximate surface area is 206 Å². The van der Waals surface area contributed by atoms with Crippen LogP contribution in [-0.2, 0) is 15.0 Å². The molecular formula is C30H42O4. The molecule has 2 aromatic carbocycles. The van der Waals surface area contributed by atoms with E-state index in [-0.39, 0.29) is 30.2 Å². The van der Waals surface area contributed by atoms with Crippen LogP contribution in [0.5, 0.6) is 11.5 Å². The van der Waals surface area contributed by atoms with Crippen molar-refractivity contribution in [2.75, 3.05) is 13.2 Å². The first-order valence-corrected chi connectivity index (χ1v) is 12.5. The van der Waals surface area contributed by atoms with Gasteiger partial charge in [0.1, 0.15) is 24.7 Å². The zero-order chi connectivity index (χ0) is 25.5. The number of carbonyl (C=O) groups excluding carboxylic acids is 2.